The second kappa shape index (κ2) is 17.2. The van der Waals surface area contributed by atoms with E-state index in [1.54, 1.807) is 36.4 Å². The molecule has 0 unspecified atom stereocenters. The van der Waals surface area contributed by atoms with Crippen molar-refractivity contribution in [2.24, 2.45) is 17.6 Å². The van der Waals surface area contributed by atoms with E-state index in [9.17, 15) is 18.0 Å². The van der Waals surface area contributed by atoms with Gasteiger partial charge in [-0.25, -0.2) is 13.5 Å². The molecule has 1 saturated heterocycles. The first-order valence-electron chi connectivity index (χ1n) is 16.8. The van der Waals surface area contributed by atoms with Crippen molar-refractivity contribution >= 4 is 39.9 Å². The molecule has 1 atom stereocenters. The number of nitrogens with two attached hydrogens (primary N) is 1. The van der Waals surface area contributed by atoms with Crippen LogP contribution in [-0.2, 0) is 30.8 Å². The summed E-state index contributed by atoms with van der Waals surface area (Å²) in [5.41, 5.74) is 9.49. The molecule has 0 spiro atoms. The van der Waals surface area contributed by atoms with Gasteiger partial charge < -0.3 is 25.8 Å². The minimum atomic E-state index is -3.81. The van der Waals surface area contributed by atoms with Crippen LogP contribution in [0.25, 0.3) is 22.5 Å². The molecule has 2 heterocycles. The maximum absolute atomic E-state index is 13.7. The van der Waals surface area contributed by atoms with Gasteiger partial charge in [0.1, 0.15) is 16.7 Å². The minimum absolute atomic E-state index is 0. The summed E-state index contributed by atoms with van der Waals surface area (Å²) in [6.45, 7) is 1.84. The first-order valence-corrected chi connectivity index (χ1v) is 18.2. The Morgan fingerprint density at radius 2 is 1.65 bits per heavy atom. The van der Waals surface area contributed by atoms with Gasteiger partial charge in [0.05, 0.1) is 20.3 Å². The molecule has 6 rings (SSSR count). The second-order valence-electron chi connectivity index (χ2n) is 12.6. The molecule has 0 radical (unpaired) electrons. The number of amides is 2. The van der Waals surface area contributed by atoms with Crippen molar-refractivity contribution < 1.29 is 27.5 Å². The van der Waals surface area contributed by atoms with Gasteiger partial charge in [0, 0.05) is 36.7 Å². The van der Waals surface area contributed by atoms with Crippen LogP contribution in [0.2, 0.25) is 0 Å². The van der Waals surface area contributed by atoms with Crippen LogP contribution in [0.15, 0.2) is 71.6 Å². The van der Waals surface area contributed by atoms with Crippen LogP contribution in [0.1, 0.15) is 31.2 Å². The smallest absolute Gasteiger partial charge is 0.247 e. The van der Waals surface area contributed by atoms with Gasteiger partial charge in [-0.1, -0.05) is 30.3 Å². The first kappa shape index (κ1) is 37.8. The lowest BCUT2D eigenvalue weighted by Gasteiger charge is -2.28. The molecule has 1 aromatic heterocycles. The Balaban J connectivity index is 0.00000504. The van der Waals surface area contributed by atoms with Gasteiger partial charge in [-0.15, -0.1) is 17.5 Å². The molecule has 16 heteroatoms. The van der Waals surface area contributed by atoms with Gasteiger partial charge >= 0.3 is 0 Å². The van der Waals surface area contributed by atoms with Crippen molar-refractivity contribution in [3.63, 3.8) is 0 Å². The lowest BCUT2D eigenvalue weighted by molar-refractivity contribution is -0.130. The topological polar surface area (TPSA) is 195 Å². The number of aromatic amines is 1. The highest BCUT2D eigenvalue weighted by molar-refractivity contribution is 7.89. The van der Waals surface area contributed by atoms with Crippen LogP contribution in [0.4, 0.5) is 5.69 Å². The summed E-state index contributed by atoms with van der Waals surface area (Å²) < 4.78 is 39.2. The van der Waals surface area contributed by atoms with E-state index in [4.69, 9.17) is 15.2 Å². The number of anilines is 1. The average Bonchev–Trinajstić information content (AvgIpc) is 3.71. The standard InChI is InChI=1S/C35H42N8O6S.ClH/c1-48-31-15-12-28(21-32(31)50(46,47)43-16-18-49-19-17-43)25-6-2-23(3-7-25)20-30(38-34(44)27-8-4-24(22-36)5-9-27)35(45)37-29-13-10-26(11-14-29)33-39-41-42-40-33;/h2-3,6-7,10-15,21,24,27,30H,4-5,8-9,16-20,22,36H2,1H3,(H,37,45)(H,38,44)(H,39,40,41,42);1H/t24-,27-,30-;/m0./s1. The molecular weight excluding hydrogens is 696 g/mol. The lowest BCUT2D eigenvalue weighted by atomic mass is 9.81. The molecular formula is C35H43ClN8O6S. The number of methoxy groups -OCH3 is 1. The van der Waals surface area contributed by atoms with Crippen molar-refractivity contribution in [1.82, 2.24) is 30.2 Å². The van der Waals surface area contributed by atoms with E-state index >= 15 is 0 Å². The van der Waals surface area contributed by atoms with E-state index < -0.39 is 16.1 Å². The first-order chi connectivity index (χ1) is 24.2. The highest BCUT2D eigenvalue weighted by atomic mass is 35.5. The zero-order valence-electron chi connectivity index (χ0n) is 28.3. The normalized spacial score (nSPS) is 18.6. The van der Waals surface area contributed by atoms with Crippen LogP contribution in [-0.4, -0.2) is 91.2 Å². The van der Waals surface area contributed by atoms with E-state index in [1.807, 2.05) is 30.3 Å². The number of tetrazole rings is 1. The van der Waals surface area contributed by atoms with Crippen LogP contribution in [0.3, 0.4) is 0 Å². The highest BCUT2D eigenvalue weighted by Crippen LogP contribution is 2.33. The Hall–Kier alpha value is -4.41. The molecule has 4 aromatic rings. The zero-order valence-corrected chi connectivity index (χ0v) is 29.9. The van der Waals surface area contributed by atoms with Crippen molar-refractivity contribution in [2.45, 2.75) is 43.0 Å². The number of nitrogens with zero attached hydrogens (tertiary/aromatic N) is 4. The Morgan fingerprint density at radius 1 is 0.980 bits per heavy atom. The predicted octanol–water partition coefficient (Wildman–Crippen LogP) is 3.42. The minimum Gasteiger partial charge on any atom is -0.495 e. The lowest BCUT2D eigenvalue weighted by Crippen LogP contribution is -2.48. The number of ether oxygens (including phenoxy) is 2. The van der Waals surface area contributed by atoms with Crippen molar-refractivity contribution in [3.05, 3.63) is 72.3 Å². The Bertz CT molecular complexity index is 1860. The fraction of sp³-hybridized carbons (Fsp3) is 0.400. The number of carbonyl (C=O) groups is 2. The number of morpholine rings is 1. The number of rotatable bonds is 12. The number of hydrogen-bond donors (Lipinski definition) is 4. The summed E-state index contributed by atoms with van der Waals surface area (Å²) in [6.07, 6.45) is 3.50. The summed E-state index contributed by atoms with van der Waals surface area (Å²) in [7, 11) is -2.36. The van der Waals surface area contributed by atoms with Crippen LogP contribution >= 0.6 is 12.4 Å². The molecule has 272 valence electrons. The summed E-state index contributed by atoms with van der Waals surface area (Å²) in [5, 5.41) is 19.8. The molecule has 14 nitrogen and oxygen atoms in total. The van der Waals surface area contributed by atoms with Gasteiger partial charge in [-0.3, -0.25) is 9.59 Å². The summed E-state index contributed by atoms with van der Waals surface area (Å²) in [5.74, 6) is 0.530. The second-order valence-corrected chi connectivity index (χ2v) is 14.5. The SMILES string of the molecule is COc1ccc(-c2ccc(C[C@H](NC(=O)[C@H]3CC[C@H](CN)CC3)C(=O)Nc3ccc(-c4nnn[nH]4)cc3)cc2)cc1S(=O)(=O)N1CCOCC1.Cl. The summed E-state index contributed by atoms with van der Waals surface area (Å²) in [6, 6.07) is 18.9. The zero-order chi connectivity index (χ0) is 35.1. The number of hydrogen-bond acceptors (Lipinski definition) is 10. The molecule has 3 aromatic carbocycles. The van der Waals surface area contributed by atoms with Crippen LogP contribution < -0.4 is 21.1 Å². The maximum Gasteiger partial charge on any atom is 0.247 e. The highest BCUT2D eigenvalue weighted by Gasteiger charge is 2.31. The molecule has 1 aliphatic heterocycles. The quantitative estimate of drug-likeness (QED) is 0.167. The van der Waals surface area contributed by atoms with Gasteiger partial charge in [0.25, 0.3) is 0 Å². The van der Waals surface area contributed by atoms with Gasteiger partial charge in [-0.05, 0) is 102 Å². The molecule has 1 aliphatic carbocycles. The summed E-state index contributed by atoms with van der Waals surface area (Å²) >= 11 is 0. The molecule has 2 fully saturated rings. The number of benzene rings is 3. The number of sulfonamides is 1. The van der Waals surface area contributed by atoms with Crippen molar-refractivity contribution in [2.75, 3.05) is 45.3 Å². The monoisotopic (exact) mass is 738 g/mol. The largest absolute Gasteiger partial charge is 0.495 e. The molecule has 2 aliphatic rings. The number of nitrogens with one attached hydrogen (secondary N) is 3. The van der Waals surface area contributed by atoms with E-state index in [-0.39, 0.29) is 60.3 Å². The Morgan fingerprint density at radius 3 is 2.27 bits per heavy atom. The number of aromatic nitrogens is 4. The molecule has 0 bridgehead atoms. The van der Waals surface area contributed by atoms with Gasteiger partial charge in [-0.2, -0.15) is 4.31 Å². The van der Waals surface area contributed by atoms with Crippen molar-refractivity contribution in [3.8, 4) is 28.3 Å². The third kappa shape index (κ3) is 9.10. The fourth-order valence-corrected chi connectivity index (χ4v) is 8.02. The molecule has 5 N–H and O–H groups in total. The fourth-order valence-electron chi connectivity index (χ4n) is 6.43. The van der Waals surface area contributed by atoms with Gasteiger partial charge in [0.15, 0.2) is 5.82 Å². The van der Waals surface area contributed by atoms with Crippen molar-refractivity contribution in [1.29, 1.82) is 0 Å². The number of halogens is 1. The molecule has 51 heavy (non-hydrogen) atoms. The van der Waals surface area contributed by atoms with E-state index in [0.717, 1.165) is 42.4 Å². The van der Waals surface area contributed by atoms with E-state index in [2.05, 4.69) is 31.3 Å². The van der Waals surface area contributed by atoms with Crippen LogP contribution in [0.5, 0.6) is 5.75 Å². The Kier molecular flexibility index (Phi) is 12.8. The maximum atomic E-state index is 13.7. The average molecular weight is 739 g/mol. The summed E-state index contributed by atoms with van der Waals surface area (Å²) in [4.78, 5) is 27.2. The van der Waals surface area contributed by atoms with E-state index in [1.165, 1.54) is 11.4 Å². The number of carbonyl (C=O) groups excluding carboxylic acids is 2. The third-order valence-electron chi connectivity index (χ3n) is 9.43. The third-order valence-corrected chi connectivity index (χ3v) is 11.4. The molecule has 1 saturated carbocycles. The Labute approximate surface area is 303 Å². The van der Waals surface area contributed by atoms with E-state index in [0.29, 0.717) is 42.8 Å². The molecule has 2 amide bonds. The number of H-pyrrole nitrogens is 1. The van der Waals surface area contributed by atoms with Gasteiger partial charge in [0.2, 0.25) is 21.8 Å². The van der Waals surface area contributed by atoms with Crippen LogP contribution in [0, 0.1) is 11.8 Å². The predicted molar refractivity (Wildman–Crippen MR) is 194 cm³/mol.